The molecule has 6 heteroatoms. The summed E-state index contributed by atoms with van der Waals surface area (Å²) in [6.07, 6.45) is 0.878. The lowest BCUT2D eigenvalue weighted by Gasteiger charge is -2.21. The highest BCUT2D eigenvalue weighted by molar-refractivity contribution is 5.93. The van der Waals surface area contributed by atoms with Gasteiger partial charge in [0.1, 0.15) is 0 Å². The molecule has 1 fully saturated rings. The van der Waals surface area contributed by atoms with E-state index in [0.717, 1.165) is 30.8 Å². The van der Waals surface area contributed by atoms with Crippen molar-refractivity contribution in [3.63, 3.8) is 0 Å². The molecule has 1 aliphatic rings. The van der Waals surface area contributed by atoms with E-state index in [4.69, 9.17) is 0 Å². The number of hydrogen-bond donors (Lipinski definition) is 2. The molecule has 2 N–H and O–H groups in total. The fourth-order valence-corrected chi connectivity index (χ4v) is 2.54. The molecule has 0 saturated carbocycles. The highest BCUT2D eigenvalue weighted by Crippen LogP contribution is 2.19. The van der Waals surface area contributed by atoms with Gasteiger partial charge in [-0.2, -0.15) is 0 Å². The summed E-state index contributed by atoms with van der Waals surface area (Å²) in [6, 6.07) is 7.67. The third kappa shape index (κ3) is 4.71. The van der Waals surface area contributed by atoms with Crippen LogP contribution in [0.5, 0.6) is 0 Å². The van der Waals surface area contributed by atoms with Crippen molar-refractivity contribution in [1.82, 2.24) is 10.2 Å². The van der Waals surface area contributed by atoms with Crippen LogP contribution in [0, 0.1) is 5.92 Å². The molecule has 0 radical (unpaired) electrons. The maximum absolute atomic E-state index is 12.2. The van der Waals surface area contributed by atoms with Crippen molar-refractivity contribution in [2.75, 3.05) is 25.0 Å². The Hall–Kier alpha value is -1.59. The Morgan fingerprint density at radius 3 is 2.68 bits per heavy atom. The molecule has 2 amide bonds. The van der Waals surface area contributed by atoms with Gasteiger partial charge in [-0.3, -0.25) is 9.59 Å². The number of nitrogens with zero attached hydrogens (tertiary/aromatic N) is 1. The van der Waals surface area contributed by atoms with E-state index in [9.17, 15) is 9.59 Å². The molecule has 1 aromatic carbocycles. The van der Waals surface area contributed by atoms with E-state index < -0.39 is 0 Å². The van der Waals surface area contributed by atoms with Crippen LogP contribution in [-0.2, 0) is 16.1 Å². The first-order valence-electron chi connectivity index (χ1n) is 7.46. The van der Waals surface area contributed by atoms with Crippen molar-refractivity contribution in [3.8, 4) is 0 Å². The largest absolute Gasteiger partial charge is 0.339 e. The Bertz CT molecular complexity index is 516. The molecular formula is C16H24ClN3O2. The number of rotatable bonds is 5. The van der Waals surface area contributed by atoms with Crippen molar-refractivity contribution in [2.24, 2.45) is 5.92 Å². The highest BCUT2D eigenvalue weighted by atomic mass is 35.5. The summed E-state index contributed by atoms with van der Waals surface area (Å²) in [6.45, 7) is 6.33. The molecule has 1 aromatic rings. The second kappa shape index (κ2) is 8.76. The molecule has 0 spiro atoms. The summed E-state index contributed by atoms with van der Waals surface area (Å²) < 4.78 is 0. The van der Waals surface area contributed by atoms with Crippen LogP contribution in [0.4, 0.5) is 5.69 Å². The Labute approximate surface area is 137 Å². The number of anilines is 1. The van der Waals surface area contributed by atoms with Gasteiger partial charge in [-0.1, -0.05) is 18.2 Å². The number of carbonyl (C=O) groups is 2. The molecule has 1 heterocycles. The van der Waals surface area contributed by atoms with Gasteiger partial charge >= 0.3 is 0 Å². The monoisotopic (exact) mass is 325 g/mol. The molecule has 5 nitrogen and oxygen atoms in total. The minimum atomic E-state index is 0. The van der Waals surface area contributed by atoms with Gasteiger partial charge in [-0.25, -0.2) is 0 Å². The third-order valence-corrected chi connectivity index (χ3v) is 3.89. The Morgan fingerprint density at radius 1 is 1.36 bits per heavy atom. The molecule has 2 rings (SSSR count). The summed E-state index contributed by atoms with van der Waals surface area (Å²) in [5.41, 5.74) is 1.77. The number of carbonyl (C=O) groups excluding carboxylic acids is 2. The van der Waals surface area contributed by atoms with Crippen LogP contribution in [0.3, 0.4) is 0 Å². The number of amides is 2. The minimum Gasteiger partial charge on any atom is -0.339 e. The molecule has 1 saturated heterocycles. The van der Waals surface area contributed by atoms with E-state index in [-0.39, 0.29) is 30.1 Å². The Kier molecular flexibility index (Phi) is 7.35. The first-order valence-corrected chi connectivity index (χ1v) is 7.46. The van der Waals surface area contributed by atoms with Crippen LogP contribution < -0.4 is 10.6 Å². The van der Waals surface area contributed by atoms with Gasteiger partial charge in [0.2, 0.25) is 11.8 Å². The molecule has 0 bridgehead atoms. The molecule has 0 aliphatic carbocycles. The van der Waals surface area contributed by atoms with Crippen LogP contribution in [0.1, 0.15) is 25.8 Å². The average Bonchev–Trinajstić information content (AvgIpc) is 3.00. The first-order chi connectivity index (χ1) is 10.1. The van der Waals surface area contributed by atoms with Crippen LogP contribution >= 0.6 is 12.4 Å². The van der Waals surface area contributed by atoms with E-state index in [1.54, 1.807) is 11.8 Å². The molecule has 1 unspecified atom stereocenters. The number of hydrogen-bond acceptors (Lipinski definition) is 3. The lowest BCUT2D eigenvalue weighted by atomic mass is 10.1. The van der Waals surface area contributed by atoms with Crippen molar-refractivity contribution >= 4 is 29.9 Å². The van der Waals surface area contributed by atoms with Crippen molar-refractivity contribution < 1.29 is 9.59 Å². The Morgan fingerprint density at radius 2 is 2.09 bits per heavy atom. The van der Waals surface area contributed by atoms with E-state index in [0.29, 0.717) is 13.1 Å². The van der Waals surface area contributed by atoms with Crippen LogP contribution in [0.2, 0.25) is 0 Å². The van der Waals surface area contributed by atoms with E-state index in [1.165, 1.54) is 0 Å². The molecule has 122 valence electrons. The summed E-state index contributed by atoms with van der Waals surface area (Å²) in [7, 11) is 0. The second-order valence-electron chi connectivity index (χ2n) is 5.37. The van der Waals surface area contributed by atoms with Gasteiger partial charge in [-0.05, 0) is 31.5 Å². The van der Waals surface area contributed by atoms with Gasteiger partial charge in [-0.15, -0.1) is 12.4 Å². The SMILES string of the molecule is CCN(Cc1ccccc1NC(=O)C1CCNC1)C(C)=O.Cl. The van der Waals surface area contributed by atoms with Gasteiger partial charge in [0.05, 0.1) is 5.92 Å². The number of para-hydroxylation sites is 1. The maximum Gasteiger partial charge on any atom is 0.228 e. The zero-order chi connectivity index (χ0) is 15.2. The van der Waals surface area contributed by atoms with Gasteiger partial charge in [0, 0.05) is 32.2 Å². The lowest BCUT2D eigenvalue weighted by molar-refractivity contribution is -0.129. The lowest BCUT2D eigenvalue weighted by Crippen LogP contribution is -2.29. The van der Waals surface area contributed by atoms with Crippen LogP contribution in [0.15, 0.2) is 24.3 Å². The molecular weight excluding hydrogens is 302 g/mol. The Balaban J connectivity index is 0.00000242. The number of benzene rings is 1. The zero-order valence-corrected chi connectivity index (χ0v) is 13.9. The standard InChI is InChI=1S/C16H23N3O2.ClH/c1-3-19(12(2)20)11-14-6-4-5-7-15(14)18-16(21)13-8-9-17-10-13;/h4-7,13,17H,3,8-11H2,1-2H3,(H,18,21);1H. The third-order valence-electron chi connectivity index (χ3n) is 3.89. The van der Waals surface area contributed by atoms with E-state index >= 15 is 0 Å². The fraction of sp³-hybridized carbons (Fsp3) is 0.500. The van der Waals surface area contributed by atoms with Crippen LogP contribution in [0.25, 0.3) is 0 Å². The van der Waals surface area contributed by atoms with Gasteiger partial charge in [0.25, 0.3) is 0 Å². The fourth-order valence-electron chi connectivity index (χ4n) is 2.54. The first kappa shape index (κ1) is 18.5. The normalized spacial score (nSPS) is 16.7. The quantitative estimate of drug-likeness (QED) is 0.870. The summed E-state index contributed by atoms with van der Waals surface area (Å²) in [5.74, 6) is 0.130. The maximum atomic E-state index is 12.2. The van der Waals surface area contributed by atoms with Crippen molar-refractivity contribution in [1.29, 1.82) is 0 Å². The zero-order valence-electron chi connectivity index (χ0n) is 13.1. The molecule has 1 atom stereocenters. The van der Waals surface area contributed by atoms with Crippen molar-refractivity contribution in [2.45, 2.75) is 26.8 Å². The van der Waals surface area contributed by atoms with Gasteiger partial charge in [0.15, 0.2) is 0 Å². The summed E-state index contributed by atoms with van der Waals surface area (Å²) in [4.78, 5) is 25.5. The highest BCUT2D eigenvalue weighted by Gasteiger charge is 2.23. The predicted molar refractivity (Wildman–Crippen MR) is 90.1 cm³/mol. The molecule has 1 aliphatic heterocycles. The van der Waals surface area contributed by atoms with Gasteiger partial charge < -0.3 is 15.5 Å². The average molecular weight is 326 g/mol. The smallest absolute Gasteiger partial charge is 0.228 e. The summed E-state index contributed by atoms with van der Waals surface area (Å²) >= 11 is 0. The predicted octanol–water partition coefficient (Wildman–Crippen LogP) is 2.02. The minimum absolute atomic E-state index is 0. The van der Waals surface area contributed by atoms with Crippen molar-refractivity contribution in [3.05, 3.63) is 29.8 Å². The van der Waals surface area contributed by atoms with E-state index in [2.05, 4.69) is 10.6 Å². The van der Waals surface area contributed by atoms with Crippen LogP contribution in [-0.4, -0.2) is 36.3 Å². The second-order valence-corrected chi connectivity index (χ2v) is 5.37. The number of halogens is 1. The number of nitrogens with one attached hydrogen (secondary N) is 2. The summed E-state index contributed by atoms with van der Waals surface area (Å²) in [5, 5.41) is 6.20. The topological polar surface area (TPSA) is 61.4 Å². The molecule has 22 heavy (non-hydrogen) atoms. The molecule has 0 aromatic heterocycles. The van der Waals surface area contributed by atoms with E-state index in [1.807, 2.05) is 31.2 Å².